The van der Waals surface area contributed by atoms with Crippen molar-refractivity contribution in [2.45, 2.75) is 6.54 Å². The van der Waals surface area contributed by atoms with E-state index in [1.54, 1.807) is 6.07 Å². The number of phenolic OH excluding ortho intramolecular Hbond substituents is 2. The third-order valence-electron chi connectivity index (χ3n) is 2.71. The molecule has 0 aromatic heterocycles. The Kier molecular flexibility index (Phi) is 3.75. The van der Waals surface area contributed by atoms with E-state index in [4.69, 9.17) is 4.74 Å². The lowest BCUT2D eigenvalue weighted by Gasteiger charge is -2.10. The normalized spacial score (nSPS) is 10.2. The molecule has 0 saturated carbocycles. The number of ether oxygens (including phenoxy) is 1. The number of hydrogen-bond acceptors (Lipinski definition) is 4. The zero-order chi connectivity index (χ0) is 13.8. The summed E-state index contributed by atoms with van der Waals surface area (Å²) in [4.78, 5) is 0. The molecule has 0 radical (unpaired) electrons. The number of rotatable bonds is 4. The summed E-state index contributed by atoms with van der Waals surface area (Å²) in [5, 5.41) is 21.7. The number of benzene rings is 2. The molecule has 2 aromatic rings. The van der Waals surface area contributed by atoms with Crippen molar-refractivity contribution in [3.8, 4) is 17.2 Å². The van der Waals surface area contributed by atoms with Crippen LogP contribution in [-0.2, 0) is 6.54 Å². The summed E-state index contributed by atoms with van der Waals surface area (Å²) >= 11 is 0. The van der Waals surface area contributed by atoms with Crippen molar-refractivity contribution in [1.82, 2.24) is 0 Å². The van der Waals surface area contributed by atoms with Crippen LogP contribution >= 0.6 is 0 Å². The first-order valence-electron chi connectivity index (χ1n) is 5.68. The maximum atomic E-state index is 13.6. The van der Waals surface area contributed by atoms with E-state index in [1.165, 1.54) is 37.4 Å². The van der Waals surface area contributed by atoms with Gasteiger partial charge in [-0.3, -0.25) is 0 Å². The predicted octanol–water partition coefficient (Wildman–Crippen LogP) is 2.86. The largest absolute Gasteiger partial charge is 0.508 e. The van der Waals surface area contributed by atoms with Crippen molar-refractivity contribution >= 4 is 5.69 Å². The second-order valence-electron chi connectivity index (χ2n) is 4.01. The fourth-order valence-corrected chi connectivity index (χ4v) is 1.66. The van der Waals surface area contributed by atoms with Gasteiger partial charge in [0.15, 0.2) is 0 Å². The molecule has 0 unspecified atom stereocenters. The van der Waals surface area contributed by atoms with Crippen LogP contribution < -0.4 is 10.1 Å². The van der Waals surface area contributed by atoms with Crippen LogP contribution in [0.15, 0.2) is 36.4 Å². The Balaban J connectivity index is 2.14. The molecule has 0 aliphatic heterocycles. The molecule has 2 rings (SSSR count). The minimum atomic E-state index is -0.404. The molecule has 0 heterocycles. The van der Waals surface area contributed by atoms with Gasteiger partial charge in [0.2, 0.25) is 0 Å². The quantitative estimate of drug-likeness (QED) is 0.793. The van der Waals surface area contributed by atoms with Gasteiger partial charge < -0.3 is 20.3 Å². The zero-order valence-corrected chi connectivity index (χ0v) is 10.4. The number of aromatic hydroxyl groups is 2. The summed E-state index contributed by atoms with van der Waals surface area (Å²) in [6.45, 7) is 0.232. The van der Waals surface area contributed by atoms with Crippen LogP contribution in [0.3, 0.4) is 0 Å². The van der Waals surface area contributed by atoms with E-state index in [2.05, 4.69) is 5.32 Å². The molecule has 0 bridgehead atoms. The van der Waals surface area contributed by atoms with Gasteiger partial charge in [0.25, 0.3) is 0 Å². The Hall–Kier alpha value is -2.43. The topological polar surface area (TPSA) is 61.7 Å². The maximum Gasteiger partial charge on any atom is 0.146 e. The lowest BCUT2D eigenvalue weighted by molar-refractivity contribution is 0.414. The van der Waals surface area contributed by atoms with Gasteiger partial charge in [0, 0.05) is 24.2 Å². The number of hydrogen-bond donors (Lipinski definition) is 3. The van der Waals surface area contributed by atoms with Gasteiger partial charge >= 0.3 is 0 Å². The van der Waals surface area contributed by atoms with Gasteiger partial charge in [-0.25, -0.2) is 4.39 Å². The number of phenols is 2. The van der Waals surface area contributed by atoms with E-state index in [0.717, 1.165) is 0 Å². The third kappa shape index (κ3) is 3.07. The summed E-state index contributed by atoms with van der Waals surface area (Å²) < 4.78 is 18.6. The average Bonchev–Trinajstić information content (AvgIpc) is 2.39. The highest BCUT2D eigenvalue weighted by Crippen LogP contribution is 2.25. The Labute approximate surface area is 110 Å². The highest BCUT2D eigenvalue weighted by atomic mass is 19.1. The average molecular weight is 263 g/mol. The highest BCUT2D eigenvalue weighted by molar-refractivity contribution is 5.51. The zero-order valence-electron chi connectivity index (χ0n) is 10.4. The highest BCUT2D eigenvalue weighted by Gasteiger charge is 2.06. The van der Waals surface area contributed by atoms with Crippen LogP contribution in [0, 0.1) is 5.82 Å². The summed E-state index contributed by atoms with van der Waals surface area (Å²) in [6, 6.07) is 8.62. The van der Waals surface area contributed by atoms with Crippen LogP contribution in [0.2, 0.25) is 0 Å². The van der Waals surface area contributed by atoms with Gasteiger partial charge in [0.1, 0.15) is 23.1 Å². The van der Waals surface area contributed by atoms with Crippen LogP contribution in [0.1, 0.15) is 5.56 Å². The van der Waals surface area contributed by atoms with Crippen LogP contribution in [0.25, 0.3) is 0 Å². The van der Waals surface area contributed by atoms with E-state index in [0.29, 0.717) is 11.3 Å². The van der Waals surface area contributed by atoms with E-state index in [9.17, 15) is 14.6 Å². The number of nitrogens with one attached hydrogen (secondary N) is 1. The molecule has 0 aliphatic carbocycles. The molecule has 3 N–H and O–H groups in total. The summed E-state index contributed by atoms with van der Waals surface area (Å²) in [6.07, 6.45) is 0. The van der Waals surface area contributed by atoms with Crippen molar-refractivity contribution in [3.05, 3.63) is 47.8 Å². The first kappa shape index (κ1) is 13.0. The van der Waals surface area contributed by atoms with Crippen LogP contribution in [-0.4, -0.2) is 17.3 Å². The number of anilines is 1. The fourth-order valence-electron chi connectivity index (χ4n) is 1.66. The fraction of sp³-hybridized carbons (Fsp3) is 0.143. The molecule has 100 valence electrons. The maximum absolute atomic E-state index is 13.6. The predicted molar refractivity (Wildman–Crippen MR) is 70.1 cm³/mol. The Morgan fingerprint density at radius 1 is 1.16 bits per heavy atom. The van der Waals surface area contributed by atoms with E-state index in [1.807, 2.05) is 0 Å². The monoisotopic (exact) mass is 263 g/mol. The molecule has 4 nitrogen and oxygen atoms in total. The lowest BCUT2D eigenvalue weighted by atomic mass is 10.2. The molecule has 0 spiro atoms. The number of methoxy groups -OCH3 is 1. The molecule has 19 heavy (non-hydrogen) atoms. The summed E-state index contributed by atoms with van der Waals surface area (Å²) in [7, 11) is 1.50. The smallest absolute Gasteiger partial charge is 0.146 e. The van der Waals surface area contributed by atoms with Crippen molar-refractivity contribution in [2.24, 2.45) is 0 Å². The molecule has 0 amide bonds. The van der Waals surface area contributed by atoms with Crippen LogP contribution in [0.4, 0.5) is 10.1 Å². The Bertz CT molecular complexity index is 587. The summed E-state index contributed by atoms with van der Waals surface area (Å²) in [5.41, 5.74) is 0.840. The van der Waals surface area contributed by atoms with Gasteiger partial charge in [-0.15, -0.1) is 0 Å². The molecule has 0 aliphatic rings. The van der Waals surface area contributed by atoms with Gasteiger partial charge in [-0.1, -0.05) is 0 Å². The minimum Gasteiger partial charge on any atom is -0.508 e. The van der Waals surface area contributed by atoms with Gasteiger partial charge in [-0.2, -0.15) is 0 Å². The molecular formula is C14H14FNO3. The number of halogens is 1. The van der Waals surface area contributed by atoms with E-state index >= 15 is 0 Å². The minimum absolute atomic E-state index is 0.0196. The first-order chi connectivity index (χ1) is 9.10. The van der Waals surface area contributed by atoms with Gasteiger partial charge in [-0.05, 0) is 24.3 Å². The van der Waals surface area contributed by atoms with Crippen molar-refractivity contribution in [3.63, 3.8) is 0 Å². The van der Waals surface area contributed by atoms with Gasteiger partial charge in [0.05, 0.1) is 12.8 Å². The standard InChI is InChI=1S/C14H14FNO3/c1-19-11-4-5-12(15)13(7-11)16-8-9-2-3-10(17)6-14(9)18/h2-7,16-18H,8H2,1H3. The molecule has 2 aromatic carbocycles. The second-order valence-corrected chi connectivity index (χ2v) is 4.01. The molecule has 5 heteroatoms. The molecule has 0 atom stereocenters. The third-order valence-corrected chi connectivity index (χ3v) is 2.71. The second kappa shape index (κ2) is 5.48. The van der Waals surface area contributed by atoms with Crippen molar-refractivity contribution < 1.29 is 19.3 Å². The molecule has 0 saturated heterocycles. The first-order valence-corrected chi connectivity index (χ1v) is 5.68. The SMILES string of the molecule is COc1ccc(F)c(NCc2ccc(O)cc2O)c1. The lowest BCUT2D eigenvalue weighted by Crippen LogP contribution is -2.02. The van der Waals surface area contributed by atoms with Crippen molar-refractivity contribution in [1.29, 1.82) is 0 Å². The van der Waals surface area contributed by atoms with Crippen molar-refractivity contribution in [2.75, 3.05) is 12.4 Å². The summed E-state index contributed by atoms with van der Waals surface area (Å²) in [5.74, 6) is 0.0718. The van der Waals surface area contributed by atoms with Crippen LogP contribution in [0.5, 0.6) is 17.2 Å². The molecular weight excluding hydrogens is 249 g/mol. The van der Waals surface area contributed by atoms with E-state index in [-0.39, 0.29) is 23.7 Å². The Morgan fingerprint density at radius 2 is 1.95 bits per heavy atom. The van der Waals surface area contributed by atoms with E-state index < -0.39 is 5.82 Å². The Morgan fingerprint density at radius 3 is 2.63 bits per heavy atom. The molecule has 0 fully saturated rings.